The van der Waals surface area contributed by atoms with E-state index in [4.69, 9.17) is 18.0 Å². The Bertz CT molecular complexity index is 795. The SMILES string of the molecule is C#CC1(C(=O)N2CCC(CNC(=O)c3ccc(Cl)c(O)c3)C(C)C2)CCCC1. The van der Waals surface area contributed by atoms with Crippen LogP contribution in [-0.4, -0.2) is 41.5 Å². The number of nitrogens with zero attached hydrogens (tertiary/aromatic N) is 1. The molecule has 3 rings (SSSR count). The van der Waals surface area contributed by atoms with Crippen molar-refractivity contribution in [1.29, 1.82) is 0 Å². The van der Waals surface area contributed by atoms with Gasteiger partial charge < -0.3 is 15.3 Å². The van der Waals surface area contributed by atoms with Crippen molar-refractivity contribution in [1.82, 2.24) is 10.2 Å². The number of phenolic OH excluding ortho intramolecular Hbond substituents is 1. The van der Waals surface area contributed by atoms with Gasteiger partial charge in [0.05, 0.1) is 5.02 Å². The van der Waals surface area contributed by atoms with Gasteiger partial charge in [-0.25, -0.2) is 0 Å². The van der Waals surface area contributed by atoms with E-state index in [0.29, 0.717) is 31.1 Å². The second-order valence-corrected chi connectivity index (χ2v) is 8.49. The van der Waals surface area contributed by atoms with Gasteiger partial charge in [0, 0.05) is 25.2 Å². The highest BCUT2D eigenvalue weighted by atomic mass is 35.5. The monoisotopic (exact) mass is 402 g/mol. The zero-order chi connectivity index (χ0) is 20.3. The number of piperidine rings is 1. The van der Waals surface area contributed by atoms with Crippen LogP contribution in [0.4, 0.5) is 0 Å². The van der Waals surface area contributed by atoms with Crippen LogP contribution in [0.1, 0.15) is 49.4 Å². The van der Waals surface area contributed by atoms with Gasteiger partial charge in [-0.1, -0.05) is 37.3 Å². The van der Waals surface area contributed by atoms with Crippen LogP contribution < -0.4 is 5.32 Å². The highest BCUT2D eigenvalue weighted by molar-refractivity contribution is 6.32. The molecule has 2 N–H and O–H groups in total. The van der Waals surface area contributed by atoms with E-state index in [0.717, 1.165) is 32.1 Å². The lowest BCUT2D eigenvalue weighted by Crippen LogP contribution is -2.50. The first-order valence-corrected chi connectivity index (χ1v) is 10.3. The summed E-state index contributed by atoms with van der Waals surface area (Å²) >= 11 is 5.78. The summed E-state index contributed by atoms with van der Waals surface area (Å²) in [7, 11) is 0. The Balaban J connectivity index is 1.54. The van der Waals surface area contributed by atoms with Crippen LogP contribution in [0.5, 0.6) is 5.75 Å². The Morgan fingerprint density at radius 3 is 2.71 bits per heavy atom. The van der Waals surface area contributed by atoms with E-state index in [-0.39, 0.29) is 28.5 Å². The molecule has 1 saturated heterocycles. The molecule has 0 aromatic heterocycles. The fourth-order valence-electron chi connectivity index (χ4n) is 4.36. The minimum atomic E-state index is -0.600. The van der Waals surface area contributed by atoms with E-state index in [9.17, 15) is 14.7 Å². The second kappa shape index (κ2) is 8.45. The summed E-state index contributed by atoms with van der Waals surface area (Å²) in [5.74, 6) is 3.11. The third-order valence-electron chi connectivity index (χ3n) is 6.25. The number of hydrogen-bond acceptors (Lipinski definition) is 3. The van der Waals surface area contributed by atoms with Crippen molar-refractivity contribution in [2.45, 2.75) is 39.0 Å². The molecule has 0 radical (unpaired) electrons. The molecule has 2 amide bonds. The largest absolute Gasteiger partial charge is 0.506 e. The van der Waals surface area contributed by atoms with Crippen LogP contribution in [0.25, 0.3) is 0 Å². The molecular weight excluding hydrogens is 376 g/mol. The van der Waals surface area contributed by atoms with Crippen LogP contribution >= 0.6 is 11.6 Å². The first kappa shape index (κ1) is 20.5. The van der Waals surface area contributed by atoms with Gasteiger partial charge >= 0.3 is 0 Å². The Hall–Kier alpha value is -2.19. The Kier molecular flexibility index (Phi) is 6.20. The van der Waals surface area contributed by atoms with Crippen molar-refractivity contribution in [3.63, 3.8) is 0 Å². The predicted molar refractivity (Wildman–Crippen MR) is 109 cm³/mol. The molecule has 0 spiro atoms. The molecule has 6 heteroatoms. The molecule has 2 unspecified atom stereocenters. The standard InChI is InChI=1S/C22H27ClN2O3/c1-3-22(9-4-5-10-22)21(28)25-11-8-17(15(2)14-25)13-24-20(27)16-6-7-18(23)19(26)12-16/h1,6-7,12,15,17,26H,4-5,8-11,13-14H2,2H3,(H,24,27). The van der Waals surface area contributed by atoms with E-state index < -0.39 is 5.41 Å². The first-order chi connectivity index (χ1) is 13.4. The number of hydrogen-bond donors (Lipinski definition) is 2. The number of carbonyl (C=O) groups is 2. The zero-order valence-corrected chi connectivity index (χ0v) is 17.0. The fourth-order valence-corrected chi connectivity index (χ4v) is 4.48. The number of rotatable bonds is 4. The number of aromatic hydroxyl groups is 1. The molecule has 28 heavy (non-hydrogen) atoms. The summed E-state index contributed by atoms with van der Waals surface area (Å²) in [6.45, 7) is 3.99. The molecule has 1 aromatic carbocycles. The highest BCUT2D eigenvalue weighted by Gasteiger charge is 2.43. The maximum atomic E-state index is 13.0. The summed E-state index contributed by atoms with van der Waals surface area (Å²) in [6, 6.07) is 4.45. The topological polar surface area (TPSA) is 69.6 Å². The number of phenols is 1. The molecule has 1 heterocycles. The molecule has 2 atom stereocenters. The van der Waals surface area contributed by atoms with Gasteiger partial charge in [-0.3, -0.25) is 9.59 Å². The van der Waals surface area contributed by atoms with Gasteiger partial charge in [-0.15, -0.1) is 6.42 Å². The van der Waals surface area contributed by atoms with E-state index in [2.05, 4.69) is 18.2 Å². The maximum Gasteiger partial charge on any atom is 0.251 e. The lowest BCUT2D eigenvalue weighted by atomic mass is 9.82. The van der Waals surface area contributed by atoms with E-state index >= 15 is 0 Å². The summed E-state index contributed by atoms with van der Waals surface area (Å²) in [4.78, 5) is 27.3. The van der Waals surface area contributed by atoms with Gasteiger partial charge in [0.15, 0.2) is 0 Å². The zero-order valence-electron chi connectivity index (χ0n) is 16.2. The number of carbonyl (C=O) groups excluding carboxylic acids is 2. The van der Waals surface area contributed by atoms with Crippen LogP contribution in [0.2, 0.25) is 5.02 Å². The molecule has 1 aliphatic heterocycles. The number of likely N-dealkylation sites (tertiary alicyclic amines) is 1. The van der Waals surface area contributed by atoms with Gasteiger partial charge in [0.2, 0.25) is 5.91 Å². The predicted octanol–water partition coefficient (Wildman–Crippen LogP) is 3.45. The van der Waals surface area contributed by atoms with Gasteiger partial charge in [-0.2, -0.15) is 0 Å². The van der Waals surface area contributed by atoms with Crippen molar-refractivity contribution in [2.24, 2.45) is 17.3 Å². The van der Waals surface area contributed by atoms with Crippen LogP contribution in [0.3, 0.4) is 0 Å². The highest BCUT2D eigenvalue weighted by Crippen LogP contribution is 2.40. The molecule has 1 saturated carbocycles. The lowest BCUT2D eigenvalue weighted by molar-refractivity contribution is -0.141. The molecule has 1 aromatic rings. The number of amides is 2. The summed E-state index contributed by atoms with van der Waals surface area (Å²) in [6.07, 6.45) is 10.2. The van der Waals surface area contributed by atoms with Gasteiger partial charge in [0.25, 0.3) is 5.91 Å². The Morgan fingerprint density at radius 1 is 1.39 bits per heavy atom. The van der Waals surface area contributed by atoms with Crippen LogP contribution in [-0.2, 0) is 4.79 Å². The Morgan fingerprint density at radius 2 is 2.11 bits per heavy atom. The van der Waals surface area contributed by atoms with Crippen molar-refractivity contribution in [3.8, 4) is 18.1 Å². The molecule has 5 nitrogen and oxygen atoms in total. The van der Waals surface area contributed by atoms with E-state index in [1.54, 1.807) is 6.07 Å². The van der Waals surface area contributed by atoms with Crippen molar-refractivity contribution in [3.05, 3.63) is 28.8 Å². The van der Waals surface area contributed by atoms with Crippen molar-refractivity contribution < 1.29 is 14.7 Å². The van der Waals surface area contributed by atoms with Crippen molar-refractivity contribution in [2.75, 3.05) is 19.6 Å². The number of benzene rings is 1. The number of halogens is 1. The van der Waals surface area contributed by atoms with E-state index in [1.807, 2.05) is 4.90 Å². The normalized spacial score (nSPS) is 23.8. The number of terminal acetylenes is 1. The lowest BCUT2D eigenvalue weighted by Gasteiger charge is -2.40. The van der Waals surface area contributed by atoms with Gasteiger partial charge in [-0.05, 0) is 49.3 Å². The summed E-state index contributed by atoms with van der Waals surface area (Å²) < 4.78 is 0. The first-order valence-electron chi connectivity index (χ1n) is 9.90. The molecule has 2 fully saturated rings. The average molecular weight is 403 g/mol. The van der Waals surface area contributed by atoms with Crippen LogP contribution in [0, 0.1) is 29.6 Å². The minimum Gasteiger partial charge on any atom is -0.506 e. The fraction of sp³-hybridized carbons (Fsp3) is 0.545. The van der Waals surface area contributed by atoms with Crippen LogP contribution in [0.15, 0.2) is 18.2 Å². The molecule has 0 bridgehead atoms. The summed E-state index contributed by atoms with van der Waals surface area (Å²) in [5, 5.41) is 12.8. The van der Waals surface area contributed by atoms with Crippen molar-refractivity contribution >= 4 is 23.4 Å². The third-order valence-corrected chi connectivity index (χ3v) is 6.57. The van der Waals surface area contributed by atoms with Gasteiger partial charge in [0.1, 0.15) is 11.2 Å². The second-order valence-electron chi connectivity index (χ2n) is 8.09. The molecule has 2 aliphatic rings. The maximum absolute atomic E-state index is 13.0. The summed E-state index contributed by atoms with van der Waals surface area (Å²) in [5.41, 5.74) is -0.225. The quantitative estimate of drug-likeness (QED) is 0.758. The molecular formula is C22H27ClN2O3. The van der Waals surface area contributed by atoms with E-state index in [1.165, 1.54) is 12.1 Å². The smallest absolute Gasteiger partial charge is 0.251 e. The number of nitrogens with one attached hydrogen (secondary N) is 1. The third kappa shape index (κ3) is 4.12. The molecule has 1 aliphatic carbocycles. The Labute approximate surface area is 171 Å². The average Bonchev–Trinajstić information content (AvgIpc) is 3.18. The minimum absolute atomic E-state index is 0.108. The molecule has 150 valence electrons.